The van der Waals surface area contributed by atoms with Gasteiger partial charge < -0.3 is 10.2 Å². The highest BCUT2D eigenvalue weighted by Gasteiger charge is 2.39. The van der Waals surface area contributed by atoms with Gasteiger partial charge in [0, 0.05) is 6.04 Å². The average molecular weight is 252 g/mol. The first kappa shape index (κ1) is 13.4. The molecule has 0 aromatic rings. The SMILES string of the molecule is CC(C)C1NC(=O)CN(C2CCCCC2C)C1=O. The first-order chi connectivity index (χ1) is 8.50. The Morgan fingerprint density at radius 3 is 2.50 bits per heavy atom. The Morgan fingerprint density at radius 1 is 1.22 bits per heavy atom. The van der Waals surface area contributed by atoms with Crippen molar-refractivity contribution in [3.63, 3.8) is 0 Å². The van der Waals surface area contributed by atoms with Crippen LogP contribution >= 0.6 is 0 Å². The minimum atomic E-state index is -0.333. The second kappa shape index (κ2) is 5.29. The summed E-state index contributed by atoms with van der Waals surface area (Å²) in [5.41, 5.74) is 0. The lowest BCUT2D eigenvalue weighted by molar-refractivity contribution is -0.149. The largest absolute Gasteiger partial charge is 0.343 e. The number of nitrogens with zero attached hydrogens (tertiary/aromatic N) is 1. The number of rotatable bonds is 2. The maximum absolute atomic E-state index is 12.5. The van der Waals surface area contributed by atoms with E-state index in [2.05, 4.69) is 12.2 Å². The van der Waals surface area contributed by atoms with E-state index in [4.69, 9.17) is 0 Å². The molecule has 1 N–H and O–H groups in total. The highest BCUT2D eigenvalue weighted by atomic mass is 16.2. The van der Waals surface area contributed by atoms with Crippen molar-refractivity contribution in [2.75, 3.05) is 6.54 Å². The van der Waals surface area contributed by atoms with Crippen LogP contribution in [0, 0.1) is 11.8 Å². The second-order valence-electron chi connectivity index (χ2n) is 6.08. The summed E-state index contributed by atoms with van der Waals surface area (Å²) in [4.78, 5) is 26.1. The first-order valence-corrected chi connectivity index (χ1v) is 7.10. The van der Waals surface area contributed by atoms with E-state index in [9.17, 15) is 9.59 Å². The van der Waals surface area contributed by atoms with Crippen LogP contribution in [0.15, 0.2) is 0 Å². The lowest BCUT2D eigenvalue weighted by atomic mass is 9.84. The van der Waals surface area contributed by atoms with E-state index in [0.29, 0.717) is 5.92 Å². The Balaban J connectivity index is 2.15. The highest BCUT2D eigenvalue weighted by molar-refractivity contribution is 5.95. The van der Waals surface area contributed by atoms with Gasteiger partial charge in [0.1, 0.15) is 6.04 Å². The van der Waals surface area contributed by atoms with E-state index in [1.807, 2.05) is 18.7 Å². The van der Waals surface area contributed by atoms with Gasteiger partial charge in [-0.25, -0.2) is 0 Å². The summed E-state index contributed by atoms with van der Waals surface area (Å²) in [7, 11) is 0. The normalized spacial score (nSPS) is 33.8. The highest BCUT2D eigenvalue weighted by Crippen LogP contribution is 2.29. The minimum absolute atomic E-state index is 0.00827. The molecule has 102 valence electrons. The van der Waals surface area contributed by atoms with Gasteiger partial charge in [0.05, 0.1) is 6.54 Å². The van der Waals surface area contributed by atoms with E-state index in [1.165, 1.54) is 19.3 Å². The van der Waals surface area contributed by atoms with E-state index >= 15 is 0 Å². The molecule has 2 rings (SSSR count). The Hall–Kier alpha value is -1.06. The van der Waals surface area contributed by atoms with E-state index < -0.39 is 0 Å². The van der Waals surface area contributed by atoms with Crippen LogP contribution in [0.4, 0.5) is 0 Å². The van der Waals surface area contributed by atoms with Crippen molar-refractivity contribution in [3.8, 4) is 0 Å². The fraction of sp³-hybridized carbons (Fsp3) is 0.857. The Morgan fingerprint density at radius 2 is 1.89 bits per heavy atom. The zero-order valence-corrected chi connectivity index (χ0v) is 11.6. The third kappa shape index (κ3) is 2.52. The molecule has 0 aromatic carbocycles. The van der Waals surface area contributed by atoms with Gasteiger partial charge in [-0.1, -0.05) is 33.6 Å². The molecule has 3 atom stereocenters. The molecule has 4 heteroatoms. The lowest BCUT2D eigenvalue weighted by Crippen LogP contribution is -2.63. The number of piperazine rings is 1. The van der Waals surface area contributed by atoms with Gasteiger partial charge in [0.2, 0.25) is 11.8 Å². The van der Waals surface area contributed by atoms with E-state index in [-0.39, 0.29) is 36.4 Å². The summed E-state index contributed by atoms with van der Waals surface area (Å²) in [5.74, 6) is 0.777. The number of carbonyl (C=O) groups is 2. The molecule has 1 aliphatic heterocycles. The second-order valence-corrected chi connectivity index (χ2v) is 6.08. The predicted octanol–water partition coefficient (Wildman–Crippen LogP) is 1.55. The van der Waals surface area contributed by atoms with Crippen LogP contribution in [0.2, 0.25) is 0 Å². The van der Waals surface area contributed by atoms with Crippen LogP contribution in [0.5, 0.6) is 0 Å². The van der Waals surface area contributed by atoms with Crippen molar-refractivity contribution >= 4 is 11.8 Å². The molecule has 18 heavy (non-hydrogen) atoms. The van der Waals surface area contributed by atoms with Gasteiger partial charge in [-0.15, -0.1) is 0 Å². The number of hydrogen-bond acceptors (Lipinski definition) is 2. The lowest BCUT2D eigenvalue weighted by Gasteiger charge is -2.43. The Bertz CT molecular complexity index is 341. The molecule has 1 saturated heterocycles. The fourth-order valence-corrected chi connectivity index (χ4v) is 3.18. The standard InChI is InChI=1S/C14H24N2O2/c1-9(2)13-14(18)16(8-12(17)15-13)11-7-5-4-6-10(11)3/h9-11,13H,4-8H2,1-3H3,(H,15,17). The third-order valence-electron chi connectivity index (χ3n) is 4.31. The third-order valence-corrected chi connectivity index (χ3v) is 4.31. The Labute approximate surface area is 109 Å². The summed E-state index contributed by atoms with van der Waals surface area (Å²) in [6, 6.07) is -0.0704. The van der Waals surface area contributed by atoms with E-state index in [0.717, 1.165) is 6.42 Å². The van der Waals surface area contributed by atoms with Crippen molar-refractivity contribution in [1.82, 2.24) is 10.2 Å². The van der Waals surface area contributed by atoms with Crippen LogP contribution in [-0.4, -0.2) is 35.3 Å². The van der Waals surface area contributed by atoms with Gasteiger partial charge in [0.25, 0.3) is 0 Å². The molecule has 0 aromatic heterocycles. The number of hydrogen-bond donors (Lipinski definition) is 1. The minimum Gasteiger partial charge on any atom is -0.343 e. The maximum atomic E-state index is 12.5. The summed E-state index contributed by atoms with van der Waals surface area (Å²) in [5, 5.41) is 2.82. The van der Waals surface area contributed by atoms with Gasteiger partial charge >= 0.3 is 0 Å². The van der Waals surface area contributed by atoms with Gasteiger partial charge in [-0.05, 0) is 24.7 Å². The molecule has 2 aliphatic rings. The van der Waals surface area contributed by atoms with Crippen molar-refractivity contribution < 1.29 is 9.59 Å². The topological polar surface area (TPSA) is 49.4 Å². The molecule has 0 radical (unpaired) electrons. The molecule has 1 saturated carbocycles. The summed E-state index contributed by atoms with van der Waals surface area (Å²) < 4.78 is 0. The molecule has 2 amide bonds. The first-order valence-electron chi connectivity index (χ1n) is 7.10. The number of carbonyl (C=O) groups excluding carboxylic acids is 2. The fourth-order valence-electron chi connectivity index (χ4n) is 3.18. The number of nitrogens with one attached hydrogen (secondary N) is 1. The zero-order chi connectivity index (χ0) is 13.3. The van der Waals surface area contributed by atoms with Gasteiger partial charge in [-0.2, -0.15) is 0 Å². The molecule has 0 spiro atoms. The monoisotopic (exact) mass is 252 g/mol. The summed E-state index contributed by atoms with van der Waals surface area (Å²) >= 11 is 0. The Kier molecular flexibility index (Phi) is 3.93. The zero-order valence-electron chi connectivity index (χ0n) is 11.6. The van der Waals surface area contributed by atoms with Crippen molar-refractivity contribution in [3.05, 3.63) is 0 Å². The van der Waals surface area contributed by atoms with Crippen LogP contribution in [0.1, 0.15) is 46.5 Å². The molecule has 2 fully saturated rings. The van der Waals surface area contributed by atoms with Gasteiger partial charge in [0.15, 0.2) is 0 Å². The van der Waals surface area contributed by atoms with Crippen molar-refractivity contribution in [1.29, 1.82) is 0 Å². The quantitative estimate of drug-likeness (QED) is 0.810. The molecule has 0 bridgehead atoms. The molecule has 1 heterocycles. The number of amides is 2. The van der Waals surface area contributed by atoms with Crippen LogP contribution in [0.25, 0.3) is 0 Å². The summed E-state index contributed by atoms with van der Waals surface area (Å²) in [6.07, 6.45) is 4.64. The van der Waals surface area contributed by atoms with Crippen molar-refractivity contribution in [2.45, 2.75) is 58.5 Å². The molecule has 3 unspecified atom stereocenters. The van der Waals surface area contributed by atoms with Crippen LogP contribution in [-0.2, 0) is 9.59 Å². The molecule has 1 aliphatic carbocycles. The van der Waals surface area contributed by atoms with Gasteiger partial charge in [-0.3, -0.25) is 9.59 Å². The van der Waals surface area contributed by atoms with Crippen LogP contribution < -0.4 is 5.32 Å². The average Bonchev–Trinajstić information content (AvgIpc) is 2.32. The van der Waals surface area contributed by atoms with Crippen molar-refractivity contribution in [2.24, 2.45) is 11.8 Å². The summed E-state index contributed by atoms with van der Waals surface area (Å²) in [6.45, 7) is 6.42. The molecular weight excluding hydrogens is 228 g/mol. The smallest absolute Gasteiger partial charge is 0.246 e. The maximum Gasteiger partial charge on any atom is 0.246 e. The predicted molar refractivity (Wildman–Crippen MR) is 69.9 cm³/mol. The molecule has 4 nitrogen and oxygen atoms in total. The van der Waals surface area contributed by atoms with E-state index in [1.54, 1.807) is 0 Å². The molecular formula is C14H24N2O2. The van der Waals surface area contributed by atoms with Crippen LogP contribution in [0.3, 0.4) is 0 Å².